The first kappa shape index (κ1) is 15.6. The average Bonchev–Trinajstić information content (AvgIpc) is 2.77. The van der Waals surface area contributed by atoms with Gasteiger partial charge < -0.3 is 15.7 Å². The minimum absolute atomic E-state index is 0.0811. The van der Waals surface area contributed by atoms with Crippen molar-refractivity contribution in [2.45, 2.75) is 32.2 Å². The largest absolute Gasteiger partial charge is 0.481 e. The van der Waals surface area contributed by atoms with Crippen LogP contribution in [0.4, 0.5) is 14.9 Å². The molecule has 7 heteroatoms. The van der Waals surface area contributed by atoms with Crippen molar-refractivity contribution < 1.29 is 19.1 Å². The van der Waals surface area contributed by atoms with E-state index in [9.17, 15) is 19.1 Å². The lowest BCUT2D eigenvalue weighted by molar-refractivity contribution is -0.148. The average molecular weight is 315 g/mol. The molecule has 1 aliphatic carbocycles. The molecule has 0 radical (unpaired) electrons. The van der Waals surface area contributed by atoms with Crippen molar-refractivity contribution in [3.05, 3.63) is 29.0 Å². The fourth-order valence-corrected chi connectivity index (χ4v) is 2.79. The first-order chi connectivity index (χ1) is 9.84. The number of urea groups is 1. The van der Waals surface area contributed by atoms with Crippen molar-refractivity contribution in [2.75, 3.05) is 5.32 Å². The highest BCUT2D eigenvalue weighted by atomic mass is 35.5. The van der Waals surface area contributed by atoms with Gasteiger partial charge in [0.1, 0.15) is 5.82 Å². The molecule has 3 N–H and O–H groups in total. The lowest BCUT2D eigenvalue weighted by Gasteiger charge is -2.27. The Bertz CT molecular complexity index is 561. The number of carboxylic acids is 1. The molecule has 1 aromatic rings. The van der Waals surface area contributed by atoms with E-state index in [1.807, 2.05) is 0 Å². The topological polar surface area (TPSA) is 78.4 Å². The summed E-state index contributed by atoms with van der Waals surface area (Å²) in [5.41, 5.74) is -1.12. The number of aliphatic carboxylic acids is 1. The Labute approximate surface area is 126 Å². The molecule has 1 aromatic carbocycles. The third-order valence-electron chi connectivity index (χ3n) is 3.95. The number of halogens is 2. The number of anilines is 1. The summed E-state index contributed by atoms with van der Waals surface area (Å²) in [5, 5.41) is 14.3. The SMILES string of the molecule is CC1(C(=O)O)CCCC1NC(=O)Nc1c(F)cccc1Cl. The summed E-state index contributed by atoms with van der Waals surface area (Å²) in [7, 11) is 0. The molecular formula is C14H16ClFN2O3. The summed E-state index contributed by atoms with van der Waals surface area (Å²) < 4.78 is 13.6. The van der Waals surface area contributed by atoms with Crippen molar-refractivity contribution >= 4 is 29.3 Å². The van der Waals surface area contributed by atoms with Gasteiger partial charge in [-0.25, -0.2) is 9.18 Å². The molecule has 114 valence electrons. The number of amides is 2. The molecule has 0 heterocycles. The van der Waals surface area contributed by atoms with Crippen LogP contribution in [0.15, 0.2) is 18.2 Å². The van der Waals surface area contributed by atoms with Crippen molar-refractivity contribution in [3.63, 3.8) is 0 Å². The van der Waals surface area contributed by atoms with Crippen LogP contribution in [-0.2, 0) is 4.79 Å². The van der Waals surface area contributed by atoms with Crippen LogP contribution < -0.4 is 10.6 Å². The van der Waals surface area contributed by atoms with E-state index < -0.39 is 29.3 Å². The maximum Gasteiger partial charge on any atom is 0.319 e. The Hall–Kier alpha value is -1.82. The highest BCUT2D eigenvalue weighted by Gasteiger charge is 2.45. The Balaban J connectivity index is 2.07. The number of nitrogens with one attached hydrogen (secondary N) is 2. The predicted octanol–water partition coefficient (Wildman–Crippen LogP) is 3.24. The van der Waals surface area contributed by atoms with Crippen LogP contribution in [0.3, 0.4) is 0 Å². The summed E-state index contributed by atoms with van der Waals surface area (Å²) in [5.74, 6) is -1.60. The smallest absolute Gasteiger partial charge is 0.319 e. The molecule has 0 bridgehead atoms. The Morgan fingerprint density at radius 3 is 2.81 bits per heavy atom. The van der Waals surface area contributed by atoms with Crippen LogP contribution in [0.2, 0.25) is 5.02 Å². The van der Waals surface area contributed by atoms with E-state index in [1.165, 1.54) is 18.2 Å². The molecule has 0 aromatic heterocycles. The lowest BCUT2D eigenvalue weighted by Crippen LogP contribution is -2.48. The van der Waals surface area contributed by atoms with Crippen LogP contribution in [0, 0.1) is 11.2 Å². The second-order valence-corrected chi connectivity index (χ2v) is 5.77. The maximum atomic E-state index is 13.6. The van der Waals surface area contributed by atoms with Gasteiger partial charge in [-0.15, -0.1) is 0 Å². The van der Waals surface area contributed by atoms with Gasteiger partial charge in [-0.2, -0.15) is 0 Å². The summed E-state index contributed by atoms with van der Waals surface area (Å²) in [6.07, 6.45) is 1.78. The number of rotatable bonds is 3. The zero-order valence-corrected chi connectivity index (χ0v) is 12.2. The molecule has 1 fully saturated rings. The van der Waals surface area contributed by atoms with Gasteiger partial charge >= 0.3 is 12.0 Å². The van der Waals surface area contributed by atoms with Gasteiger partial charge in [0.05, 0.1) is 16.1 Å². The predicted molar refractivity (Wildman–Crippen MR) is 76.9 cm³/mol. The summed E-state index contributed by atoms with van der Waals surface area (Å²) in [6.45, 7) is 1.60. The van der Waals surface area contributed by atoms with Crippen LogP contribution in [0.25, 0.3) is 0 Å². The van der Waals surface area contributed by atoms with Gasteiger partial charge in [0, 0.05) is 6.04 Å². The molecule has 2 amide bonds. The van der Waals surface area contributed by atoms with E-state index in [-0.39, 0.29) is 10.7 Å². The van der Waals surface area contributed by atoms with Gasteiger partial charge in [0.2, 0.25) is 0 Å². The van der Waals surface area contributed by atoms with E-state index in [0.717, 1.165) is 0 Å². The molecule has 0 aliphatic heterocycles. The molecule has 2 atom stereocenters. The number of hydrogen-bond donors (Lipinski definition) is 3. The van der Waals surface area contributed by atoms with Crippen molar-refractivity contribution in [1.82, 2.24) is 5.32 Å². The molecule has 1 aliphatic rings. The fraction of sp³-hybridized carbons (Fsp3) is 0.429. The number of hydrogen-bond acceptors (Lipinski definition) is 2. The van der Waals surface area contributed by atoms with Gasteiger partial charge in [0.25, 0.3) is 0 Å². The summed E-state index contributed by atoms with van der Waals surface area (Å²) >= 11 is 5.82. The number of para-hydroxylation sites is 1. The third kappa shape index (κ3) is 3.10. The summed E-state index contributed by atoms with van der Waals surface area (Å²) in [6, 6.07) is 2.90. The number of carbonyl (C=O) groups excluding carboxylic acids is 1. The van der Waals surface area contributed by atoms with E-state index in [4.69, 9.17) is 11.6 Å². The Kier molecular flexibility index (Phi) is 4.37. The van der Waals surface area contributed by atoms with Crippen LogP contribution in [0.1, 0.15) is 26.2 Å². The fourth-order valence-electron chi connectivity index (χ4n) is 2.58. The van der Waals surface area contributed by atoms with Gasteiger partial charge in [-0.1, -0.05) is 24.1 Å². The van der Waals surface area contributed by atoms with Crippen LogP contribution in [-0.4, -0.2) is 23.1 Å². The molecule has 2 rings (SSSR count). The Morgan fingerprint density at radius 1 is 1.48 bits per heavy atom. The van der Waals surface area contributed by atoms with Gasteiger partial charge in [-0.05, 0) is 31.9 Å². The normalized spacial score (nSPS) is 24.6. The molecular weight excluding hydrogens is 299 g/mol. The zero-order valence-electron chi connectivity index (χ0n) is 11.5. The second kappa shape index (κ2) is 5.89. The number of carboxylic acid groups (broad SMARTS) is 1. The molecule has 5 nitrogen and oxygen atoms in total. The lowest BCUT2D eigenvalue weighted by atomic mass is 9.85. The standard InChI is InChI=1S/C14H16ClFN2O3/c1-14(12(19)20)7-3-6-10(14)17-13(21)18-11-8(15)4-2-5-9(11)16/h2,4-5,10H,3,6-7H2,1H3,(H,19,20)(H2,17,18,21). The monoisotopic (exact) mass is 314 g/mol. The third-order valence-corrected chi connectivity index (χ3v) is 4.27. The van der Waals surface area contributed by atoms with Crippen molar-refractivity contribution in [3.8, 4) is 0 Å². The van der Waals surface area contributed by atoms with Gasteiger partial charge in [0.15, 0.2) is 0 Å². The quantitative estimate of drug-likeness (QED) is 0.801. The minimum atomic E-state index is -1.00. The molecule has 2 unspecified atom stereocenters. The van der Waals surface area contributed by atoms with Gasteiger partial charge in [-0.3, -0.25) is 4.79 Å². The first-order valence-corrected chi connectivity index (χ1v) is 6.97. The van der Waals surface area contributed by atoms with Crippen molar-refractivity contribution in [2.24, 2.45) is 5.41 Å². The highest BCUT2D eigenvalue weighted by Crippen LogP contribution is 2.38. The van der Waals surface area contributed by atoms with Crippen molar-refractivity contribution in [1.29, 1.82) is 0 Å². The van der Waals surface area contributed by atoms with Crippen LogP contribution in [0.5, 0.6) is 0 Å². The maximum absolute atomic E-state index is 13.6. The van der Waals surface area contributed by atoms with E-state index in [2.05, 4.69) is 10.6 Å². The molecule has 0 spiro atoms. The number of carbonyl (C=O) groups is 2. The summed E-state index contributed by atoms with van der Waals surface area (Å²) in [4.78, 5) is 23.3. The van der Waals surface area contributed by atoms with E-state index in [0.29, 0.717) is 19.3 Å². The van der Waals surface area contributed by atoms with Crippen LogP contribution >= 0.6 is 11.6 Å². The Morgan fingerprint density at radius 2 is 2.19 bits per heavy atom. The zero-order chi connectivity index (χ0) is 15.6. The molecule has 21 heavy (non-hydrogen) atoms. The van der Waals surface area contributed by atoms with E-state index >= 15 is 0 Å². The number of benzene rings is 1. The minimum Gasteiger partial charge on any atom is -0.481 e. The second-order valence-electron chi connectivity index (χ2n) is 5.36. The van der Waals surface area contributed by atoms with E-state index in [1.54, 1.807) is 6.92 Å². The molecule has 0 saturated heterocycles. The first-order valence-electron chi connectivity index (χ1n) is 6.59. The highest BCUT2D eigenvalue weighted by molar-refractivity contribution is 6.33. The molecule has 1 saturated carbocycles.